The molecule has 0 aliphatic carbocycles. The van der Waals surface area contributed by atoms with Crippen LogP contribution in [0.25, 0.3) is 0 Å². The largest absolute Gasteiger partial charge is 0.442 e. The van der Waals surface area contributed by atoms with Crippen molar-refractivity contribution in [2.45, 2.75) is 33.3 Å². The summed E-state index contributed by atoms with van der Waals surface area (Å²) in [5.41, 5.74) is -0.464. The second-order valence-electron chi connectivity index (χ2n) is 5.06. The van der Waals surface area contributed by atoms with Crippen LogP contribution >= 0.6 is 0 Å². The molecule has 0 aromatic heterocycles. The summed E-state index contributed by atoms with van der Waals surface area (Å²) >= 11 is 0. The van der Waals surface area contributed by atoms with Crippen molar-refractivity contribution in [3.8, 4) is 0 Å². The number of nitrogens with zero attached hydrogens (tertiary/aromatic N) is 1. The van der Waals surface area contributed by atoms with Crippen molar-refractivity contribution in [3.05, 3.63) is 0 Å². The Kier molecular flexibility index (Phi) is 3.85. The molecule has 4 heteroatoms. The van der Waals surface area contributed by atoms with Gasteiger partial charge in [-0.2, -0.15) is 4.99 Å². The highest BCUT2D eigenvalue weighted by atomic mass is 16.6. The number of rotatable bonds is 1. The molecule has 0 spiro atoms. The number of carbonyl (C=O) groups excluding carboxylic acids is 1. The zero-order chi connectivity index (χ0) is 11.5. The summed E-state index contributed by atoms with van der Waals surface area (Å²) in [7, 11) is 0. The van der Waals surface area contributed by atoms with Crippen LogP contribution in [0.1, 0.15) is 27.7 Å². The number of aliphatic imine (C=N–C) groups is 1. The van der Waals surface area contributed by atoms with Crippen LogP contribution in [0.15, 0.2) is 4.99 Å². The highest BCUT2D eigenvalue weighted by molar-refractivity contribution is 5.80. The second-order valence-corrected chi connectivity index (χ2v) is 5.06. The Bertz CT molecular complexity index is 256. The van der Waals surface area contributed by atoms with Crippen LogP contribution in [-0.4, -0.2) is 31.0 Å². The molecule has 0 aromatic rings. The highest BCUT2D eigenvalue weighted by Gasteiger charge is 2.22. The molecule has 1 saturated heterocycles. The molecule has 1 heterocycles. The molecule has 1 unspecified atom stereocenters. The van der Waals surface area contributed by atoms with Crippen molar-refractivity contribution in [2.75, 3.05) is 13.1 Å². The van der Waals surface area contributed by atoms with Crippen molar-refractivity contribution in [3.63, 3.8) is 0 Å². The van der Waals surface area contributed by atoms with E-state index in [9.17, 15) is 4.79 Å². The monoisotopic (exact) mass is 212 g/mol. The van der Waals surface area contributed by atoms with Crippen LogP contribution in [0, 0.1) is 11.8 Å². The van der Waals surface area contributed by atoms with E-state index >= 15 is 0 Å². The molecular weight excluding hydrogens is 192 g/mol. The molecule has 1 amide bonds. The van der Waals surface area contributed by atoms with Gasteiger partial charge >= 0.3 is 6.09 Å². The lowest BCUT2D eigenvalue weighted by Gasteiger charge is -2.17. The summed E-state index contributed by atoms with van der Waals surface area (Å²) in [4.78, 5) is 15.1. The third kappa shape index (κ3) is 4.42. The van der Waals surface area contributed by atoms with Gasteiger partial charge in [0.05, 0.1) is 0 Å². The predicted molar refractivity (Wildman–Crippen MR) is 60.2 cm³/mol. The maximum absolute atomic E-state index is 11.3. The van der Waals surface area contributed by atoms with Crippen molar-refractivity contribution >= 4 is 12.3 Å². The van der Waals surface area contributed by atoms with Crippen molar-refractivity contribution in [1.29, 1.82) is 0 Å². The van der Waals surface area contributed by atoms with E-state index in [0.717, 1.165) is 13.1 Å². The Morgan fingerprint density at radius 2 is 2.13 bits per heavy atom. The van der Waals surface area contributed by atoms with E-state index in [-0.39, 0.29) is 0 Å². The standard InChI is InChI=1S/C11H20N2O2/c1-8-5-12-6-9(8)7-13-10(14)15-11(2,3)4/h7-9,12H,5-6H2,1-4H3/b13-7+/t8-,9?/m1/s1. The minimum Gasteiger partial charge on any atom is -0.442 e. The minimum atomic E-state index is -0.499. The van der Waals surface area contributed by atoms with E-state index in [1.807, 2.05) is 20.8 Å². The van der Waals surface area contributed by atoms with Crippen molar-refractivity contribution < 1.29 is 9.53 Å². The van der Waals surface area contributed by atoms with E-state index in [1.165, 1.54) is 0 Å². The molecule has 1 aliphatic heterocycles. The Morgan fingerprint density at radius 1 is 1.47 bits per heavy atom. The lowest BCUT2D eigenvalue weighted by Crippen LogP contribution is -2.22. The van der Waals surface area contributed by atoms with E-state index in [2.05, 4.69) is 17.2 Å². The topological polar surface area (TPSA) is 50.7 Å². The molecule has 86 valence electrons. The fourth-order valence-corrected chi connectivity index (χ4v) is 1.47. The normalized spacial score (nSPS) is 27.2. The third-order valence-corrected chi connectivity index (χ3v) is 2.34. The lowest BCUT2D eigenvalue weighted by molar-refractivity contribution is 0.0604. The Balaban J connectivity index is 2.40. The Morgan fingerprint density at radius 3 is 2.60 bits per heavy atom. The zero-order valence-electron chi connectivity index (χ0n) is 9.91. The van der Waals surface area contributed by atoms with E-state index in [4.69, 9.17) is 4.74 Å². The molecule has 0 bridgehead atoms. The third-order valence-electron chi connectivity index (χ3n) is 2.34. The van der Waals surface area contributed by atoms with Crippen LogP contribution in [-0.2, 0) is 4.74 Å². The number of nitrogens with one attached hydrogen (secondary N) is 1. The minimum absolute atomic E-state index is 0.345. The zero-order valence-corrected chi connectivity index (χ0v) is 9.91. The summed E-state index contributed by atoms with van der Waals surface area (Å²) in [6.45, 7) is 9.53. The van der Waals surface area contributed by atoms with Crippen LogP contribution in [0.3, 0.4) is 0 Å². The summed E-state index contributed by atoms with van der Waals surface area (Å²) in [5, 5.41) is 3.25. The highest BCUT2D eigenvalue weighted by Crippen LogP contribution is 2.14. The van der Waals surface area contributed by atoms with Gasteiger partial charge in [-0.25, -0.2) is 4.79 Å². The molecule has 1 N–H and O–H groups in total. The summed E-state index contributed by atoms with van der Waals surface area (Å²) in [6.07, 6.45) is 1.21. The first kappa shape index (κ1) is 12.2. The van der Waals surface area contributed by atoms with Gasteiger partial charge in [0.1, 0.15) is 5.60 Å². The predicted octanol–water partition coefficient (Wildman–Crippen LogP) is 1.85. The molecule has 1 rings (SSSR count). The summed E-state index contributed by atoms with van der Waals surface area (Å²) < 4.78 is 5.08. The van der Waals surface area contributed by atoms with Crippen molar-refractivity contribution in [1.82, 2.24) is 5.32 Å². The first-order valence-electron chi connectivity index (χ1n) is 5.36. The molecular formula is C11H20N2O2. The molecule has 0 saturated carbocycles. The van der Waals surface area contributed by atoms with E-state index < -0.39 is 11.7 Å². The van der Waals surface area contributed by atoms with Gasteiger partial charge in [-0.15, -0.1) is 0 Å². The van der Waals surface area contributed by atoms with Gasteiger partial charge < -0.3 is 10.1 Å². The summed E-state index contributed by atoms with van der Waals surface area (Å²) in [5.74, 6) is 0.883. The number of hydrogen-bond donors (Lipinski definition) is 1. The SMILES string of the molecule is C[C@@H]1CNCC1/C=N/C(=O)OC(C)(C)C. The maximum atomic E-state index is 11.3. The number of ether oxygens (including phenoxy) is 1. The van der Waals surface area contributed by atoms with Gasteiger partial charge in [-0.1, -0.05) is 6.92 Å². The average Bonchev–Trinajstić information content (AvgIpc) is 2.44. The molecule has 2 atom stereocenters. The van der Waals surface area contributed by atoms with Gasteiger partial charge in [-0.05, 0) is 33.2 Å². The van der Waals surface area contributed by atoms with Gasteiger partial charge in [0, 0.05) is 18.7 Å². The molecule has 4 nitrogen and oxygen atoms in total. The van der Waals surface area contributed by atoms with Crippen LogP contribution in [0.2, 0.25) is 0 Å². The molecule has 15 heavy (non-hydrogen) atoms. The van der Waals surface area contributed by atoms with Gasteiger partial charge in [-0.3, -0.25) is 0 Å². The molecule has 1 aliphatic rings. The van der Waals surface area contributed by atoms with Crippen LogP contribution in [0.4, 0.5) is 4.79 Å². The molecule has 0 aromatic carbocycles. The average molecular weight is 212 g/mol. The Hall–Kier alpha value is -0.900. The molecule has 1 fully saturated rings. The van der Waals surface area contributed by atoms with E-state index in [0.29, 0.717) is 11.8 Å². The summed E-state index contributed by atoms with van der Waals surface area (Å²) in [6, 6.07) is 0. The molecule has 0 radical (unpaired) electrons. The quantitative estimate of drug-likeness (QED) is 0.675. The number of carbonyl (C=O) groups is 1. The first-order chi connectivity index (χ1) is 6.88. The fraction of sp³-hybridized carbons (Fsp3) is 0.818. The maximum Gasteiger partial charge on any atom is 0.433 e. The second kappa shape index (κ2) is 4.75. The van der Waals surface area contributed by atoms with Gasteiger partial charge in [0.25, 0.3) is 0 Å². The lowest BCUT2D eigenvalue weighted by atomic mass is 10.00. The Labute approximate surface area is 91.1 Å². The van der Waals surface area contributed by atoms with Crippen LogP contribution < -0.4 is 5.32 Å². The first-order valence-corrected chi connectivity index (χ1v) is 5.36. The number of hydrogen-bond acceptors (Lipinski definition) is 3. The van der Waals surface area contributed by atoms with Crippen molar-refractivity contribution in [2.24, 2.45) is 16.8 Å². The number of amides is 1. The van der Waals surface area contributed by atoms with E-state index in [1.54, 1.807) is 6.21 Å². The van der Waals surface area contributed by atoms with Gasteiger partial charge in [0.2, 0.25) is 0 Å². The fourth-order valence-electron chi connectivity index (χ4n) is 1.47. The van der Waals surface area contributed by atoms with Crippen LogP contribution in [0.5, 0.6) is 0 Å². The smallest absolute Gasteiger partial charge is 0.433 e. The van der Waals surface area contributed by atoms with Gasteiger partial charge in [0.15, 0.2) is 0 Å².